The summed E-state index contributed by atoms with van der Waals surface area (Å²) < 4.78 is 39.2. The predicted molar refractivity (Wildman–Crippen MR) is 62.9 cm³/mol. The highest BCUT2D eigenvalue weighted by Gasteiger charge is 2.13. The fourth-order valence-electron chi connectivity index (χ4n) is 1.39. The van der Waals surface area contributed by atoms with E-state index in [0.29, 0.717) is 6.07 Å². The highest BCUT2D eigenvalue weighted by atomic mass is 19.1. The topological polar surface area (TPSA) is 68.0 Å². The van der Waals surface area contributed by atoms with Crippen LogP contribution in [0.1, 0.15) is 10.4 Å². The molecule has 1 heterocycles. The molecule has 0 aliphatic carbocycles. The van der Waals surface area contributed by atoms with Crippen molar-refractivity contribution in [1.82, 2.24) is 4.98 Å². The average Bonchev–Trinajstić information content (AvgIpc) is 2.36. The lowest BCUT2D eigenvalue weighted by atomic mass is 10.2. The summed E-state index contributed by atoms with van der Waals surface area (Å²) in [5.41, 5.74) is 4.56. The first-order valence-corrected chi connectivity index (χ1v) is 5.14. The molecule has 0 bridgehead atoms. The predicted octanol–water partition coefficient (Wildman–Crippen LogP) is 2.33. The number of carbonyl (C=O) groups excluding carboxylic acids is 1. The van der Waals surface area contributed by atoms with Gasteiger partial charge in [0.15, 0.2) is 0 Å². The second kappa shape index (κ2) is 4.97. The van der Waals surface area contributed by atoms with Crippen LogP contribution in [0.3, 0.4) is 0 Å². The molecule has 2 rings (SSSR count). The summed E-state index contributed by atoms with van der Waals surface area (Å²) in [6.45, 7) is 0. The smallest absolute Gasteiger partial charge is 0.257 e. The summed E-state index contributed by atoms with van der Waals surface area (Å²) in [5, 5.41) is 2.15. The van der Waals surface area contributed by atoms with Crippen LogP contribution in [0.4, 0.5) is 24.5 Å². The number of anilines is 2. The Labute approximate surface area is 106 Å². The zero-order valence-electron chi connectivity index (χ0n) is 9.45. The summed E-state index contributed by atoms with van der Waals surface area (Å²) in [5.74, 6) is -3.39. The van der Waals surface area contributed by atoms with Gasteiger partial charge >= 0.3 is 0 Å². The maximum Gasteiger partial charge on any atom is 0.257 e. The van der Waals surface area contributed by atoms with Gasteiger partial charge in [-0.1, -0.05) is 0 Å². The second-order valence-corrected chi connectivity index (χ2v) is 3.70. The molecule has 0 spiro atoms. The number of carbonyl (C=O) groups is 1. The van der Waals surface area contributed by atoms with Crippen LogP contribution in [0.2, 0.25) is 0 Å². The third-order valence-corrected chi connectivity index (χ3v) is 2.30. The minimum absolute atomic E-state index is 0.0951. The molecular weight excluding hydrogens is 259 g/mol. The van der Waals surface area contributed by atoms with E-state index in [-0.39, 0.29) is 16.9 Å². The van der Waals surface area contributed by atoms with Crippen LogP contribution in [0.25, 0.3) is 0 Å². The fraction of sp³-hybridized carbons (Fsp3) is 0. The molecule has 4 nitrogen and oxygen atoms in total. The molecule has 2 aromatic rings. The molecule has 1 amide bonds. The van der Waals surface area contributed by atoms with Crippen molar-refractivity contribution < 1.29 is 18.0 Å². The van der Waals surface area contributed by atoms with Gasteiger partial charge in [-0.05, 0) is 12.1 Å². The molecule has 0 saturated carbocycles. The first-order chi connectivity index (χ1) is 8.97. The van der Waals surface area contributed by atoms with Crippen LogP contribution in [0.5, 0.6) is 0 Å². The molecule has 0 atom stereocenters. The van der Waals surface area contributed by atoms with E-state index in [9.17, 15) is 18.0 Å². The largest absolute Gasteiger partial charge is 0.396 e. The monoisotopic (exact) mass is 267 g/mol. The number of nitrogens with two attached hydrogens (primary N) is 1. The summed E-state index contributed by atoms with van der Waals surface area (Å²) in [7, 11) is 0. The Bertz CT molecular complexity index is 646. The quantitative estimate of drug-likeness (QED) is 0.820. The van der Waals surface area contributed by atoms with Crippen molar-refractivity contribution in [2.24, 2.45) is 0 Å². The molecule has 1 aromatic carbocycles. The number of halogens is 3. The van der Waals surface area contributed by atoms with Gasteiger partial charge in [0.05, 0.1) is 23.1 Å². The number of aromatic nitrogens is 1. The zero-order chi connectivity index (χ0) is 14.0. The van der Waals surface area contributed by atoms with Crippen molar-refractivity contribution in [3.05, 3.63) is 53.6 Å². The zero-order valence-corrected chi connectivity index (χ0v) is 9.45. The van der Waals surface area contributed by atoms with E-state index in [0.717, 1.165) is 24.5 Å². The fourth-order valence-corrected chi connectivity index (χ4v) is 1.39. The summed E-state index contributed by atoms with van der Waals surface area (Å²) >= 11 is 0. The van der Waals surface area contributed by atoms with Gasteiger partial charge in [-0.25, -0.2) is 13.2 Å². The van der Waals surface area contributed by atoms with Gasteiger partial charge in [0.1, 0.15) is 17.5 Å². The number of nitrogen functional groups attached to an aromatic ring is 1. The molecule has 0 radical (unpaired) electrons. The van der Waals surface area contributed by atoms with Crippen LogP contribution in [0.15, 0.2) is 30.6 Å². The number of rotatable bonds is 2. The SMILES string of the molecule is Nc1cc(NC(=O)c2cncc(F)c2)c(F)cc1F. The van der Waals surface area contributed by atoms with Crippen molar-refractivity contribution in [3.63, 3.8) is 0 Å². The standard InChI is InChI=1S/C12H8F3N3O/c13-7-1-6(4-17-5-7)12(19)18-11-3-10(16)8(14)2-9(11)15/h1-5H,16H2,(H,18,19). The maximum atomic E-state index is 13.4. The molecule has 0 aliphatic heterocycles. The van der Waals surface area contributed by atoms with E-state index in [4.69, 9.17) is 5.73 Å². The minimum Gasteiger partial charge on any atom is -0.396 e. The van der Waals surface area contributed by atoms with Gasteiger partial charge in [0, 0.05) is 12.3 Å². The molecule has 0 unspecified atom stereocenters. The first-order valence-electron chi connectivity index (χ1n) is 5.14. The molecule has 0 fully saturated rings. The van der Waals surface area contributed by atoms with E-state index in [1.807, 2.05) is 0 Å². The molecule has 1 aromatic heterocycles. The van der Waals surface area contributed by atoms with Gasteiger partial charge in [0.2, 0.25) is 0 Å². The van der Waals surface area contributed by atoms with Gasteiger partial charge in [-0.3, -0.25) is 9.78 Å². The molecule has 98 valence electrons. The highest BCUT2D eigenvalue weighted by molar-refractivity contribution is 6.04. The Morgan fingerprint density at radius 1 is 1.11 bits per heavy atom. The molecule has 0 saturated heterocycles. The van der Waals surface area contributed by atoms with Crippen molar-refractivity contribution in [1.29, 1.82) is 0 Å². The lowest BCUT2D eigenvalue weighted by Gasteiger charge is -2.07. The van der Waals surface area contributed by atoms with Gasteiger partial charge in [-0.15, -0.1) is 0 Å². The van der Waals surface area contributed by atoms with Crippen molar-refractivity contribution in [2.75, 3.05) is 11.1 Å². The van der Waals surface area contributed by atoms with E-state index < -0.39 is 23.4 Å². The number of amides is 1. The van der Waals surface area contributed by atoms with Gasteiger partial charge < -0.3 is 11.1 Å². The average molecular weight is 267 g/mol. The Kier molecular flexibility index (Phi) is 3.37. The van der Waals surface area contributed by atoms with Crippen LogP contribution < -0.4 is 11.1 Å². The van der Waals surface area contributed by atoms with Crippen LogP contribution >= 0.6 is 0 Å². The van der Waals surface area contributed by atoms with Crippen LogP contribution in [0, 0.1) is 17.5 Å². The molecule has 7 heteroatoms. The van der Waals surface area contributed by atoms with Crippen LogP contribution in [-0.2, 0) is 0 Å². The third kappa shape index (κ3) is 2.82. The van der Waals surface area contributed by atoms with Crippen molar-refractivity contribution in [3.8, 4) is 0 Å². The Balaban J connectivity index is 2.27. The number of nitrogens with zero attached hydrogens (tertiary/aromatic N) is 1. The lowest BCUT2D eigenvalue weighted by Crippen LogP contribution is -2.14. The Morgan fingerprint density at radius 3 is 2.53 bits per heavy atom. The number of hydrogen-bond donors (Lipinski definition) is 2. The van der Waals surface area contributed by atoms with Gasteiger partial charge in [-0.2, -0.15) is 0 Å². The number of benzene rings is 1. The molecular formula is C12H8F3N3O. The number of hydrogen-bond acceptors (Lipinski definition) is 3. The van der Waals surface area contributed by atoms with Crippen molar-refractivity contribution >= 4 is 17.3 Å². The lowest BCUT2D eigenvalue weighted by molar-refractivity contribution is 0.102. The first kappa shape index (κ1) is 12.9. The van der Waals surface area contributed by atoms with Crippen LogP contribution in [-0.4, -0.2) is 10.9 Å². The molecule has 0 aliphatic rings. The molecule has 3 N–H and O–H groups in total. The number of nitrogens with one attached hydrogen (secondary N) is 1. The summed E-state index contributed by atoms with van der Waals surface area (Å²) in [4.78, 5) is 15.2. The van der Waals surface area contributed by atoms with Gasteiger partial charge in [0.25, 0.3) is 5.91 Å². The normalized spacial score (nSPS) is 10.3. The van der Waals surface area contributed by atoms with E-state index in [1.165, 1.54) is 0 Å². The minimum atomic E-state index is -0.982. The third-order valence-electron chi connectivity index (χ3n) is 2.30. The second-order valence-electron chi connectivity index (χ2n) is 3.70. The van der Waals surface area contributed by atoms with Crippen molar-refractivity contribution in [2.45, 2.75) is 0 Å². The molecule has 19 heavy (non-hydrogen) atoms. The summed E-state index contributed by atoms with van der Waals surface area (Å²) in [6.07, 6.45) is 2.04. The maximum absolute atomic E-state index is 13.4. The van der Waals surface area contributed by atoms with E-state index in [1.54, 1.807) is 0 Å². The Morgan fingerprint density at radius 2 is 1.84 bits per heavy atom. The number of pyridine rings is 1. The highest BCUT2D eigenvalue weighted by Crippen LogP contribution is 2.21. The summed E-state index contributed by atoms with van der Waals surface area (Å²) in [6, 6.07) is 2.43. The Hall–Kier alpha value is -2.57. The van der Waals surface area contributed by atoms with E-state index in [2.05, 4.69) is 10.3 Å². The van der Waals surface area contributed by atoms with E-state index >= 15 is 0 Å².